The van der Waals surface area contributed by atoms with E-state index in [9.17, 15) is 29.2 Å². The third kappa shape index (κ3) is 7.01. The molecule has 0 spiro atoms. The lowest BCUT2D eigenvalue weighted by atomic mass is 9.97. The van der Waals surface area contributed by atoms with Gasteiger partial charge in [-0.3, -0.25) is 23.7 Å². The molecule has 0 amide bonds. The molecule has 1 aliphatic heterocycles. The number of ether oxygens (including phenoxy) is 2. The fourth-order valence-corrected chi connectivity index (χ4v) is 5.47. The van der Waals surface area contributed by atoms with Gasteiger partial charge in [0.15, 0.2) is 11.8 Å². The van der Waals surface area contributed by atoms with Crippen LogP contribution in [0.25, 0.3) is 0 Å². The first kappa shape index (κ1) is 30.0. The van der Waals surface area contributed by atoms with Gasteiger partial charge in [-0.05, 0) is 24.6 Å². The van der Waals surface area contributed by atoms with Gasteiger partial charge in [0.25, 0.3) is 5.56 Å². The second-order valence-electron chi connectivity index (χ2n) is 9.11. The quantitative estimate of drug-likeness (QED) is 0.144. The normalized spacial score (nSPS) is 24.1. The molecule has 4 N–H and O–H groups in total. The van der Waals surface area contributed by atoms with Crippen LogP contribution in [0.5, 0.6) is 5.75 Å². The minimum atomic E-state index is -4.44. The van der Waals surface area contributed by atoms with Crippen LogP contribution >= 0.6 is 7.75 Å². The van der Waals surface area contributed by atoms with Crippen molar-refractivity contribution >= 4 is 13.7 Å². The fraction of sp³-hybridized carbons (Fsp3) is 0.296. The number of esters is 1. The molecule has 0 saturated carbocycles. The van der Waals surface area contributed by atoms with E-state index in [-0.39, 0.29) is 12.4 Å². The van der Waals surface area contributed by atoms with Crippen LogP contribution in [0.4, 0.5) is 0 Å². The minimum absolute atomic E-state index is 0.0277. The van der Waals surface area contributed by atoms with Crippen molar-refractivity contribution in [3.8, 4) is 18.1 Å². The number of aliphatic hydroxyl groups is 2. The van der Waals surface area contributed by atoms with E-state index in [2.05, 4.69) is 11.0 Å². The Bertz CT molecular complexity index is 1560. The highest BCUT2D eigenvalue weighted by Gasteiger charge is 2.56. The Balaban J connectivity index is 1.53. The van der Waals surface area contributed by atoms with Crippen molar-refractivity contribution in [1.29, 1.82) is 0 Å². The van der Waals surface area contributed by atoms with Crippen molar-refractivity contribution in [1.82, 2.24) is 14.6 Å². The van der Waals surface area contributed by atoms with Crippen LogP contribution in [0.15, 0.2) is 82.5 Å². The van der Waals surface area contributed by atoms with Gasteiger partial charge in [0.05, 0.1) is 0 Å². The van der Waals surface area contributed by atoms with E-state index < -0.39 is 61.7 Å². The zero-order valence-electron chi connectivity index (χ0n) is 21.8. The van der Waals surface area contributed by atoms with E-state index in [1.807, 2.05) is 11.1 Å². The number of terminal acetylenes is 1. The molecule has 14 heteroatoms. The summed E-state index contributed by atoms with van der Waals surface area (Å²) < 4.78 is 36.9. The summed E-state index contributed by atoms with van der Waals surface area (Å²) >= 11 is 0. The van der Waals surface area contributed by atoms with Crippen LogP contribution in [0.2, 0.25) is 0 Å². The van der Waals surface area contributed by atoms with Crippen LogP contribution < -0.4 is 20.9 Å². The number of aromatic nitrogens is 2. The van der Waals surface area contributed by atoms with E-state index in [0.29, 0.717) is 0 Å². The molecular weight excluding hydrogens is 557 g/mol. The molecule has 2 aromatic carbocycles. The number of nitrogens with zero attached hydrogens (tertiary/aromatic N) is 1. The molecule has 1 unspecified atom stereocenters. The number of benzene rings is 2. The van der Waals surface area contributed by atoms with E-state index in [1.165, 1.54) is 19.1 Å². The second kappa shape index (κ2) is 12.7. The Morgan fingerprint density at radius 2 is 1.83 bits per heavy atom. The first-order valence-electron chi connectivity index (χ1n) is 12.4. The van der Waals surface area contributed by atoms with Crippen LogP contribution in [0.3, 0.4) is 0 Å². The smallest absolute Gasteiger partial charge is 0.459 e. The summed E-state index contributed by atoms with van der Waals surface area (Å²) in [7, 11) is -4.44. The number of H-pyrrole nitrogens is 1. The molecule has 41 heavy (non-hydrogen) atoms. The number of aromatic amines is 1. The summed E-state index contributed by atoms with van der Waals surface area (Å²) in [6.45, 7) is 0.553. The molecule has 6 atom stereocenters. The monoisotopic (exact) mass is 585 g/mol. The lowest BCUT2D eigenvalue weighted by molar-refractivity contribution is -0.146. The van der Waals surface area contributed by atoms with Crippen LogP contribution in [0, 0.1) is 12.3 Å². The van der Waals surface area contributed by atoms with Gasteiger partial charge in [-0.25, -0.2) is 9.36 Å². The zero-order valence-corrected chi connectivity index (χ0v) is 22.7. The summed E-state index contributed by atoms with van der Waals surface area (Å²) in [4.78, 5) is 38.4. The number of aliphatic hydroxyl groups excluding tert-OH is 2. The van der Waals surface area contributed by atoms with Crippen molar-refractivity contribution in [2.75, 3.05) is 6.61 Å². The molecule has 216 valence electrons. The Labute approximate surface area is 234 Å². The molecule has 4 rings (SSSR count). The van der Waals surface area contributed by atoms with Crippen molar-refractivity contribution in [3.05, 3.63) is 99.3 Å². The Hall–Kier alpha value is -4.02. The fourth-order valence-electron chi connectivity index (χ4n) is 3.95. The Morgan fingerprint density at radius 1 is 1.17 bits per heavy atom. The average Bonchev–Trinajstić information content (AvgIpc) is 3.21. The van der Waals surface area contributed by atoms with Gasteiger partial charge in [0, 0.05) is 12.3 Å². The molecule has 0 bridgehead atoms. The van der Waals surface area contributed by atoms with Gasteiger partial charge < -0.3 is 24.2 Å². The van der Waals surface area contributed by atoms with Crippen molar-refractivity contribution in [2.45, 2.75) is 43.6 Å². The minimum Gasteiger partial charge on any atom is -0.460 e. The maximum absolute atomic E-state index is 13.9. The molecule has 2 heterocycles. The lowest BCUT2D eigenvalue weighted by Crippen LogP contribution is -2.46. The molecule has 1 saturated heterocycles. The summed E-state index contributed by atoms with van der Waals surface area (Å²) in [5, 5.41) is 24.0. The average molecular weight is 586 g/mol. The topological polar surface area (TPSA) is 178 Å². The summed E-state index contributed by atoms with van der Waals surface area (Å²) in [5.41, 5.74) is -2.99. The van der Waals surface area contributed by atoms with Crippen LogP contribution in [0.1, 0.15) is 18.7 Å². The molecule has 0 radical (unpaired) electrons. The number of para-hydroxylation sites is 1. The number of carbonyl (C=O) groups is 1. The van der Waals surface area contributed by atoms with Gasteiger partial charge in [0.1, 0.15) is 37.2 Å². The number of nitrogens with one attached hydrogen (secondary N) is 2. The number of rotatable bonds is 11. The predicted octanol–water partition coefficient (Wildman–Crippen LogP) is 1.08. The SMILES string of the molecule is C#C[C@]1(COP(=O)(N[C@@H](C)C(=O)OCc2ccccc2)Oc2ccccc2)O[C@@H](n2ccc(=O)[nH]c2=O)[C@H](O)[C@@H]1O. The largest absolute Gasteiger partial charge is 0.460 e. The van der Waals surface area contributed by atoms with E-state index in [1.54, 1.807) is 42.5 Å². The molecule has 13 nitrogen and oxygen atoms in total. The Morgan fingerprint density at radius 3 is 2.46 bits per heavy atom. The number of hydrogen-bond donors (Lipinski definition) is 4. The first-order chi connectivity index (χ1) is 19.6. The van der Waals surface area contributed by atoms with Crippen molar-refractivity contribution in [2.24, 2.45) is 0 Å². The summed E-state index contributed by atoms with van der Waals surface area (Å²) in [6, 6.07) is 16.7. The van der Waals surface area contributed by atoms with Crippen molar-refractivity contribution in [3.63, 3.8) is 0 Å². The molecule has 1 aromatic heterocycles. The third-order valence-electron chi connectivity index (χ3n) is 6.14. The van der Waals surface area contributed by atoms with E-state index in [4.69, 9.17) is 24.9 Å². The maximum atomic E-state index is 13.9. The van der Waals surface area contributed by atoms with Crippen LogP contribution in [-0.4, -0.2) is 56.2 Å². The van der Waals surface area contributed by atoms with Crippen LogP contribution in [-0.2, 0) is 30.0 Å². The molecular formula is C27H28N3O10P. The second-order valence-corrected chi connectivity index (χ2v) is 10.8. The standard InChI is InChI=1S/C27H28N3O10P/c1-3-27(23(33)22(32)24(39-27)30-15-14-21(31)28-26(30)35)17-38-41(36,40-20-12-8-5-9-13-20)29-18(2)25(34)37-16-19-10-6-4-7-11-19/h1,4-15,18,22-24,32-33H,16-17H2,2H3,(H,29,36)(H,28,31,35)/t18-,22+,23-,24+,27+,41?/m0/s1. The van der Waals surface area contributed by atoms with Gasteiger partial charge in [-0.15, -0.1) is 6.42 Å². The number of carbonyl (C=O) groups excluding carboxylic acids is 1. The lowest BCUT2D eigenvalue weighted by Gasteiger charge is -2.29. The van der Waals surface area contributed by atoms with Gasteiger partial charge in [-0.2, -0.15) is 5.09 Å². The third-order valence-corrected chi connectivity index (χ3v) is 7.76. The highest BCUT2D eigenvalue weighted by atomic mass is 31.2. The molecule has 1 aliphatic rings. The van der Waals surface area contributed by atoms with Gasteiger partial charge >= 0.3 is 19.4 Å². The first-order valence-corrected chi connectivity index (χ1v) is 13.9. The van der Waals surface area contributed by atoms with Crippen molar-refractivity contribution < 1.29 is 38.1 Å². The highest BCUT2D eigenvalue weighted by molar-refractivity contribution is 7.52. The van der Waals surface area contributed by atoms with Gasteiger partial charge in [-0.1, -0.05) is 54.5 Å². The summed E-state index contributed by atoms with van der Waals surface area (Å²) in [6.07, 6.45) is 1.62. The van der Waals surface area contributed by atoms with Gasteiger partial charge in [0.2, 0.25) is 0 Å². The Kier molecular flexibility index (Phi) is 9.25. The zero-order chi connectivity index (χ0) is 29.6. The maximum Gasteiger partial charge on any atom is 0.459 e. The number of hydrogen-bond acceptors (Lipinski definition) is 10. The highest BCUT2D eigenvalue weighted by Crippen LogP contribution is 2.47. The van der Waals surface area contributed by atoms with E-state index in [0.717, 1.165) is 22.4 Å². The molecule has 1 fully saturated rings. The van der Waals surface area contributed by atoms with E-state index >= 15 is 0 Å². The summed E-state index contributed by atoms with van der Waals surface area (Å²) in [5.74, 6) is 1.56. The molecule has 3 aromatic rings. The predicted molar refractivity (Wildman–Crippen MR) is 144 cm³/mol. The molecule has 0 aliphatic carbocycles.